The van der Waals surface area contributed by atoms with Crippen LogP contribution in [0.15, 0.2) is 17.5 Å². The van der Waals surface area contributed by atoms with Gasteiger partial charge < -0.3 is 15.2 Å². The van der Waals surface area contributed by atoms with Gasteiger partial charge in [0, 0.05) is 18.0 Å². The molecule has 1 aromatic heterocycles. The topological polar surface area (TPSA) is 58.6 Å². The van der Waals surface area contributed by atoms with Gasteiger partial charge in [-0.05, 0) is 30.7 Å². The Kier molecular flexibility index (Phi) is 4.53. The van der Waals surface area contributed by atoms with Crippen LogP contribution < -0.4 is 5.32 Å². The average molecular weight is 255 g/mol. The highest BCUT2D eigenvalue weighted by Crippen LogP contribution is 2.19. The van der Waals surface area contributed by atoms with Crippen LogP contribution in [0.2, 0.25) is 0 Å². The van der Waals surface area contributed by atoms with E-state index in [4.69, 9.17) is 9.84 Å². The van der Waals surface area contributed by atoms with E-state index in [1.807, 2.05) is 0 Å². The second-order valence-corrected chi connectivity index (χ2v) is 5.23. The standard InChI is InChI=1S/C12H17NO3S/c14-12(15)11-4-3-9(16-11)8-13-6-5-10-2-1-7-17-10/h1-2,7,9,11,13H,3-6,8H2,(H,14,15). The van der Waals surface area contributed by atoms with Gasteiger partial charge >= 0.3 is 5.97 Å². The highest BCUT2D eigenvalue weighted by atomic mass is 32.1. The number of carboxylic acid groups (broad SMARTS) is 1. The molecule has 0 saturated carbocycles. The highest BCUT2D eigenvalue weighted by Gasteiger charge is 2.29. The molecule has 5 heteroatoms. The Morgan fingerprint density at radius 2 is 2.47 bits per heavy atom. The van der Waals surface area contributed by atoms with Gasteiger partial charge in [-0.15, -0.1) is 11.3 Å². The third-order valence-electron chi connectivity index (χ3n) is 2.88. The van der Waals surface area contributed by atoms with Gasteiger partial charge in [0.15, 0.2) is 6.10 Å². The fourth-order valence-electron chi connectivity index (χ4n) is 1.97. The van der Waals surface area contributed by atoms with Gasteiger partial charge in [0.1, 0.15) is 0 Å². The van der Waals surface area contributed by atoms with E-state index in [-0.39, 0.29) is 6.10 Å². The molecule has 2 rings (SSSR count). The highest BCUT2D eigenvalue weighted by molar-refractivity contribution is 7.09. The van der Waals surface area contributed by atoms with Crippen molar-refractivity contribution in [2.24, 2.45) is 0 Å². The van der Waals surface area contributed by atoms with E-state index in [0.717, 1.165) is 25.9 Å². The molecule has 0 aliphatic carbocycles. The van der Waals surface area contributed by atoms with Crippen LogP contribution >= 0.6 is 11.3 Å². The first-order valence-electron chi connectivity index (χ1n) is 5.87. The monoisotopic (exact) mass is 255 g/mol. The summed E-state index contributed by atoms with van der Waals surface area (Å²) in [6.45, 7) is 1.66. The van der Waals surface area contributed by atoms with Gasteiger partial charge in [0.2, 0.25) is 0 Å². The van der Waals surface area contributed by atoms with Crippen molar-refractivity contribution in [2.45, 2.75) is 31.5 Å². The maximum Gasteiger partial charge on any atom is 0.332 e. The molecule has 0 radical (unpaired) electrons. The van der Waals surface area contributed by atoms with Gasteiger partial charge in [0.25, 0.3) is 0 Å². The maximum atomic E-state index is 10.7. The zero-order valence-corrected chi connectivity index (χ0v) is 10.4. The predicted molar refractivity (Wildman–Crippen MR) is 66.4 cm³/mol. The van der Waals surface area contributed by atoms with Crippen LogP contribution in [0.5, 0.6) is 0 Å². The minimum absolute atomic E-state index is 0.0550. The van der Waals surface area contributed by atoms with Crippen molar-refractivity contribution < 1.29 is 14.6 Å². The Labute approximate surface area is 105 Å². The molecule has 1 aromatic rings. The Balaban J connectivity index is 1.59. The zero-order chi connectivity index (χ0) is 12.1. The lowest BCUT2D eigenvalue weighted by Gasteiger charge is -2.11. The van der Waals surface area contributed by atoms with Crippen molar-refractivity contribution >= 4 is 17.3 Å². The molecule has 1 fully saturated rings. The average Bonchev–Trinajstić information content (AvgIpc) is 2.96. The zero-order valence-electron chi connectivity index (χ0n) is 9.59. The normalized spacial score (nSPS) is 24.0. The molecule has 0 bridgehead atoms. The SMILES string of the molecule is O=C(O)C1CCC(CNCCc2cccs2)O1. The third kappa shape index (κ3) is 3.80. The van der Waals surface area contributed by atoms with Gasteiger partial charge in [-0.3, -0.25) is 0 Å². The number of carbonyl (C=O) groups is 1. The molecule has 2 heterocycles. The number of carboxylic acids is 1. The largest absolute Gasteiger partial charge is 0.479 e. The number of rotatable bonds is 6. The van der Waals surface area contributed by atoms with Crippen LogP contribution in [0, 0.1) is 0 Å². The summed E-state index contributed by atoms with van der Waals surface area (Å²) in [6, 6.07) is 4.18. The van der Waals surface area contributed by atoms with Crippen LogP contribution in [-0.4, -0.2) is 36.4 Å². The number of ether oxygens (including phenoxy) is 1. The van der Waals surface area contributed by atoms with Crippen LogP contribution in [0.4, 0.5) is 0 Å². The maximum absolute atomic E-state index is 10.7. The van der Waals surface area contributed by atoms with E-state index in [1.54, 1.807) is 11.3 Å². The van der Waals surface area contributed by atoms with Crippen LogP contribution in [0.3, 0.4) is 0 Å². The van der Waals surface area contributed by atoms with Gasteiger partial charge in [-0.25, -0.2) is 4.79 Å². The molecule has 0 aromatic carbocycles. The van der Waals surface area contributed by atoms with E-state index in [2.05, 4.69) is 22.8 Å². The quantitative estimate of drug-likeness (QED) is 0.757. The molecular weight excluding hydrogens is 238 g/mol. The molecule has 0 amide bonds. The van der Waals surface area contributed by atoms with Gasteiger partial charge in [0.05, 0.1) is 6.10 Å². The Hall–Kier alpha value is -0.910. The fraction of sp³-hybridized carbons (Fsp3) is 0.583. The molecule has 2 N–H and O–H groups in total. The van der Waals surface area contributed by atoms with Crippen LogP contribution in [0.1, 0.15) is 17.7 Å². The molecule has 17 heavy (non-hydrogen) atoms. The van der Waals surface area contributed by atoms with Gasteiger partial charge in [-0.2, -0.15) is 0 Å². The number of aliphatic carboxylic acids is 1. The Bertz CT molecular complexity index is 353. The fourth-order valence-corrected chi connectivity index (χ4v) is 2.68. The first-order chi connectivity index (χ1) is 8.25. The number of hydrogen-bond donors (Lipinski definition) is 2. The van der Waals surface area contributed by atoms with Gasteiger partial charge in [-0.1, -0.05) is 6.07 Å². The summed E-state index contributed by atoms with van der Waals surface area (Å²) in [5.41, 5.74) is 0. The second kappa shape index (κ2) is 6.14. The van der Waals surface area contributed by atoms with Crippen molar-refractivity contribution in [3.05, 3.63) is 22.4 Å². The summed E-state index contributed by atoms with van der Waals surface area (Å²) in [4.78, 5) is 12.1. The van der Waals surface area contributed by atoms with Crippen molar-refractivity contribution in [3.8, 4) is 0 Å². The summed E-state index contributed by atoms with van der Waals surface area (Å²) in [7, 11) is 0. The first kappa shape index (κ1) is 12.5. The van der Waals surface area contributed by atoms with E-state index in [9.17, 15) is 4.79 Å². The molecule has 1 aliphatic rings. The number of nitrogens with one attached hydrogen (secondary N) is 1. The molecule has 1 aliphatic heterocycles. The number of thiophene rings is 1. The summed E-state index contributed by atoms with van der Waals surface area (Å²) in [5, 5.41) is 14.2. The molecule has 2 atom stereocenters. The molecular formula is C12H17NO3S. The van der Waals surface area contributed by atoms with Crippen LogP contribution in [-0.2, 0) is 16.0 Å². The summed E-state index contributed by atoms with van der Waals surface area (Å²) in [6.07, 6.45) is 1.95. The Morgan fingerprint density at radius 1 is 1.59 bits per heavy atom. The summed E-state index contributed by atoms with van der Waals surface area (Å²) in [5.74, 6) is -0.842. The van der Waals surface area contributed by atoms with E-state index in [1.165, 1.54) is 4.88 Å². The molecule has 0 spiro atoms. The van der Waals surface area contributed by atoms with Crippen molar-refractivity contribution in [2.75, 3.05) is 13.1 Å². The summed E-state index contributed by atoms with van der Waals surface area (Å²) < 4.78 is 5.40. The summed E-state index contributed by atoms with van der Waals surface area (Å²) >= 11 is 1.76. The Morgan fingerprint density at radius 3 is 3.12 bits per heavy atom. The lowest BCUT2D eigenvalue weighted by Crippen LogP contribution is -2.30. The minimum Gasteiger partial charge on any atom is -0.479 e. The molecule has 2 unspecified atom stereocenters. The van der Waals surface area contributed by atoms with E-state index >= 15 is 0 Å². The van der Waals surface area contributed by atoms with Crippen molar-refractivity contribution in [1.82, 2.24) is 5.32 Å². The van der Waals surface area contributed by atoms with Crippen LogP contribution in [0.25, 0.3) is 0 Å². The third-order valence-corrected chi connectivity index (χ3v) is 3.82. The lowest BCUT2D eigenvalue weighted by molar-refractivity contribution is -0.149. The predicted octanol–water partition coefficient (Wildman–Crippen LogP) is 1.51. The van der Waals surface area contributed by atoms with Crippen molar-refractivity contribution in [1.29, 1.82) is 0 Å². The first-order valence-corrected chi connectivity index (χ1v) is 6.75. The van der Waals surface area contributed by atoms with Crippen molar-refractivity contribution in [3.63, 3.8) is 0 Å². The minimum atomic E-state index is -0.842. The number of hydrogen-bond acceptors (Lipinski definition) is 4. The smallest absolute Gasteiger partial charge is 0.332 e. The van der Waals surface area contributed by atoms with E-state index in [0.29, 0.717) is 6.42 Å². The lowest BCUT2D eigenvalue weighted by atomic mass is 10.2. The second-order valence-electron chi connectivity index (χ2n) is 4.20. The molecule has 94 valence electrons. The van der Waals surface area contributed by atoms with E-state index < -0.39 is 12.1 Å². The molecule has 4 nitrogen and oxygen atoms in total. The molecule has 1 saturated heterocycles.